The van der Waals surface area contributed by atoms with Crippen molar-refractivity contribution in [3.8, 4) is 22.6 Å². The maximum atomic E-state index is 5.50. The summed E-state index contributed by atoms with van der Waals surface area (Å²) in [7, 11) is 0. The van der Waals surface area contributed by atoms with Crippen molar-refractivity contribution in [2.24, 2.45) is 0 Å². The number of oxazole rings is 1. The van der Waals surface area contributed by atoms with E-state index in [4.69, 9.17) is 4.42 Å². The summed E-state index contributed by atoms with van der Waals surface area (Å²) in [5.74, 6) is 2.19. The Morgan fingerprint density at radius 3 is 2.44 bits per heavy atom. The summed E-state index contributed by atoms with van der Waals surface area (Å²) in [5, 5.41) is 3.21. The first-order valence-corrected chi connectivity index (χ1v) is 5.55. The van der Waals surface area contributed by atoms with E-state index in [1.807, 2.05) is 24.3 Å². The smallest absolute Gasteiger partial charge is 0.182 e. The third kappa shape index (κ3) is 1.18. The van der Waals surface area contributed by atoms with Crippen molar-refractivity contribution in [3.05, 3.63) is 43.1 Å². The zero-order valence-corrected chi connectivity index (χ0v) is 9.29. The Balaban J connectivity index is 2.12. The molecule has 0 bridgehead atoms. The molecule has 0 spiro atoms. The van der Waals surface area contributed by atoms with Crippen LogP contribution in [0.1, 0.15) is 0 Å². The number of fused-ring (bicyclic) bond motifs is 5. The molecule has 3 aromatic heterocycles. The second-order valence-corrected chi connectivity index (χ2v) is 3.95. The fraction of sp³-hybridized carbons (Fsp3) is 0. The van der Waals surface area contributed by atoms with E-state index in [2.05, 4.69) is 20.3 Å². The largest absolute Gasteiger partial charge is 0.443 e. The van der Waals surface area contributed by atoms with Gasteiger partial charge in [0.1, 0.15) is 17.3 Å². The van der Waals surface area contributed by atoms with Gasteiger partial charge in [0.15, 0.2) is 12.2 Å². The molecule has 0 amide bonds. The summed E-state index contributed by atoms with van der Waals surface area (Å²) in [6.45, 7) is 0. The van der Waals surface area contributed by atoms with Crippen LogP contribution in [0.25, 0.3) is 22.6 Å². The molecule has 4 heterocycles. The van der Waals surface area contributed by atoms with Gasteiger partial charge in [-0.2, -0.15) is 0 Å². The monoisotopic (exact) mass is 236 g/mol. The third-order valence-electron chi connectivity index (χ3n) is 2.92. The minimum Gasteiger partial charge on any atom is -0.443 e. The number of nitrogens with zero attached hydrogens (tertiary/aromatic N) is 3. The zero-order valence-electron chi connectivity index (χ0n) is 9.29. The number of hydrogen-bond donors (Lipinski definition) is 1. The molecular weight excluding hydrogens is 228 g/mol. The first-order valence-electron chi connectivity index (χ1n) is 5.55. The van der Waals surface area contributed by atoms with Crippen molar-refractivity contribution < 1.29 is 4.42 Å². The average Bonchev–Trinajstić information content (AvgIpc) is 2.84. The van der Waals surface area contributed by atoms with Crippen LogP contribution in [0.5, 0.6) is 0 Å². The van der Waals surface area contributed by atoms with Gasteiger partial charge < -0.3 is 9.73 Å². The summed E-state index contributed by atoms with van der Waals surface area (Å²) >= 11 is 0. The molecule has 5 heteroatoms. The standard InChI is InChI=1S/C13H8N4O/c1-3-8-10-11(18-7-16-10)9-4-2-6-15-13(9)17-12(8)14-5-1/h1-7H,(H,14,15,17). The van der Waals surface area contributed by atoms with E-state index in [1.54, 1.807) is 12.4 Å². The molecule has 0 saturated carbocycles. The van der Waals surface area contributed by atoms with Crippen LogP contribution < -0.4 is 5.32 Å². The molecule has 3 aromatic rings. The quantitative estimate of drug-likeness (QED) is 0.508. The van der Waals surface area contributed by atoms with E-state index in [0.29, 0.717) is 0 Å². The highest BCUT2D eigenvalue weighted by atomic mass is 16.3. The molecule has 1 aliphatic heterocycles. The molecule has 0 atom stereocenters. The summed E-state index contributed by atoms with van der Waals surface area (Å²) in [6, 6.07) is 7.66. The molecule has 18 heavy (non-hydrogen) atoms. The number of hydrogen-bond acceptors (Lipinski definition) is 5. The van der Waals surface area contributed by atoms with Gasteiger partial charge in [-0.25, -0.2) is 15.0 Å². The molecule has 1 N–H and O–H groups in total. The summed E-state index contributed by atoms with van der Waals surface area (Å²) in [5.41, 5.74) is 2.60. The van der Waals surface area contributed by atoms with Crippen LogP contribution in [0.4, 0.5) is 11.6 Å². The number of pyridine rings is 2. The average molecular weight is 236 g/mol. The Kier molecular flexibility index (Phi) is 1.77. The number of rotatable bonds is 0. The van der Waals surface area contributed by atoms with Crippen molar-refractivity contribution in [1.29, 1.82) is 0 Å². The predicted octanol–water partition coefficient (Wildman–Crippen LogP) is 2.86. The Morgan fingerprint density at radius 2 is 1.61 bits per heavy atom. The first kappa shape index (κ1) is 9.35. The SMILES string of the molecule is c1cnc2c(c1)-c1ncoc1-c1cccnc1N2. The number of aromatic nitrogens is 3. The lowest BCUT2D eigenvalue weighted by Crippen LogP contribution is -1.96. The Morgan fingerprint density at radius 1 is 0.889 bits per heavy atom. The van der Waals surface area contributed by atoms with Gasteiger partial charge in [0.05, 0.1) is 5.56 Å². The van der Waals surface area contributed by atoms with Crippen LogP contribution in [-0.2, 0) is 0 Å². The van der Waals surface area contributed by atoms with Crippen LogP contribution in [0.15, 0.2) is 47.5 Å². The molecule has 86 valence electrons. The summed E-state index contributed by atoms with van der Waals surface area (Å²) in [6.07, 6.45) is 4.92. The van der Waals surface area contributed by atoms with Gasteiger partial charge in [-0.3, -0.25) is 0 Å². The molecule has 5 nitrogen and oxygen atoms in total. The Bertz CT molecular complexity index is 675. The van der Waals surface area contributed by atoms with Crippen molar-refractivity contribution in [2.75, 3.05) is 5.32 Å². The van der Waals surface area contributed by atoms with Gasteiger partial charge in [-0.1, -0.05) is 0 Å². The normalized spacial score (nSPS) is 11.8. The van der Waals surface area contributed by atoms with Crippen molar-refractivity contribution in [3.63, 3.8) is 0 Å². The lowest BCUT2D eigenvalue weighted by atomic mass is 10.1. The highest BCUT2D eigenvalue weighted by Gasteiger charge is 2.23. The van der Waals surface area contributed by atoms with Gasteiger partial charge in [-0.15, -0.1) is 0 Å². The second-order valence-electron chi connectivity index (χ2n) is 3.95. The maximum absolute atomic E-state index is 5.50. The summed E-state index contributed by atoms with van der Waals surface area (Å²) < 4.78 is 5.50. The van der Waals surface area contributed by atoms with E-state index >= 15 is 0 Å². The zero-order chi connectivity index (χ0) is 11.9. The van der Waals surface area contributed by atoms with Crippen LogP contribution >= 0.6 is 0 Å². The van der Waals surface area contributed by atoms with Gasteiger partial charge in [0.2, 0.25) is 0 Å². The highest BCUT2D eigenvalue weighted by Crippen LogP contribution is 2.41. The second kappa shape index (κ2) is 3.40. The van der Waals surface area contributed by atoms with Gasteiger partial charge in [0.25, 0.3) is 0 Å². The molecule has 0 saturated heterocycles. The molecule has 0 aliphatic carbocycles. The Hall–Kier alpha value is -2.69. The van der Waals surface area contributed by atoms with E-state index < -0.39 is 0 Å². The van der Waals surface area contributed by atoms with E-state index in [1.165, 1.54) is 6.39 Å². The van der Waals surface area contributed by atoms with Gasteiger partial charge in [0, 0.05) is 18.0 Å². The lowest BCUT2D eigenvalue weighted by molar-refractivity contribution is 0.572. The predicted molar refractivity (Wildman–Crippen MR) is 66.2 cm³/mol. The van der Waals surface area contributed by atoms with E-state index in [9.17, 15) is 0 Å². The first-order chi connectivity index (χ1) is 8.93. The molecule has 0 radical (unpaired) electrons. The minimum absolute atomic E-state index is 0.720. The number of anilines is 2. The van der Waals surface area contributed by atoms with Crippen LogP contribution in [0, 0.1) is 0 Å². The Labute approximate surface area is 103 Å². The molecule has 0 aromatic carbocycles. The fourth-order valence-electron chi connectivity index (χ4n) is 2.13. The van der Waals surface area contributed by atoms with Gasteiger partial charge in [-0.05, 0) is 24.3 Å². The van der Waals surface area contributed by atoms with Gasteiger partial charge >= 0.3 is 0 Å². The molecular formula is C13H8N4O. The molecule has 0 fully saturated rings. The molecule has 4 rings (SSSR count). The fourth-order valence-corrected chi connectivity index (χ4v) is 2.13. The van der Waals surface area contributed by atoms with E-state index in [0.717, 1.165) is 34.2 Å². The molecule has 1 aliphatic rings. The third-order valence-corrected chi connectivity index (χ3v) is 2.92. The van der Waals surface area contributed by atoms with Crippen molar-refractivity contribution in [1.82, 2.24) is 15.0 Å². The molecule has 0 unspecified atom stereocenters. The number of nitrogens with one attached hydrogen (secondary N) is 1. The highest BCUT2D eigenvalue weighted by molar-refractivity contribution is 5.91. The van der Waals surface area contributed by atoms with Crippen LogP contribution in [0.2, 0.25) is 0 Å². The summed E-state index contributed by atoms with van der Waals surface area (Å²) in [4.78, 5) is 12.9. The topological polar surface area (TPSA) is 63.8 Å². The van der Waals surface area contributed by atoms with Crippen molar-refractivity contribution in [2.45, 2.75) is 0 Å². The lowest BCUT2D eigenvalue weighted by Gasteiger charge is -2.06. The van der Waals surface area contributed by atoms with Crippen molar-refractivity contribution >= 4 is 11.6 Å². The van der Waals surface area contributed by atoms with E-state index in [-0.39, 0.29) is 0 Å². The van der Waals surface area contributed by atoms with Crippen LogP contribution in [0.3, 0.4) is 0 Å². The maximum Gasteiger partial charge on any atom is 0.182 e. The van der Waals surface area contributed by atoms with Crippen LogP contribution in [-0.4, -0.2) is 15.0 Å². The minimum atomic E-state index is 0.720.